The molecule has 2 saturated carbocycles. The zero-order chi connectivity index (χ0) is 12.1. The largest absolute Gasteiger partial charge is 0.393 e. The van der Waals surface area contributed by atoms with Crippen molar-refractivity contribution >= 4 is 0 Å². The molecule has 4 unspecified atom stereocenters. The van der Waals surface area contributed by atoms with Crippen LogP contribution in [0.25, 0.3) is 0 Å². The van der Waals surface area contributed by atoms with Crippen molar-refractivity contribution in [3.8, 4) is 0 Å². The first kappa shape index (κ1) is 13.4. The van der Waals surface area contributed by atoms with E-state index in [1.807, 2.05) is 0 Å². The average Bonchev–Trinajstić information content (AvgIpc) is 2.54. The quantitative estimate of drug-likeness (QED) is 0.741. The molecular formula is C15H29NO. The van der Waals surface area contributed by atoms with Crippen molar-refractivity contribution < 1.29 is 5.11 Å². The summed E-state index contributed by atoms with van der Waals surface area (Å²) in [5.74, 6) is 0.971. The SMILES string of the molecule is CCC1CCCC(NC2CCCC(O)C2)CC1. The van der Waals surface area contributed by atoms with Gasteiger partial charge in [-0.15, -0.1) is 0 Å². The third kappa shape index (κ3) is 4.26. The first-order valence-corrected chi connectivity index (χ1v) is 7.72. The fourth-order valence-electron chi connectivity index (χ4n) is 3.60. The van der Waals surface area contributed by atoms with Crippen LogP contribution < -0.4 is 5.32 Å². The van der Waals surface area contributed by atoms with Gasteiger partial charge in [0.1, 0.15) is 0 Å². The van der Waals surface area contributed by atoms with Gasteiger partial charge in [0.25, 0.3) is 0 Å². The highest BCUT2D eigenvalue weighted by Gasteiger charge is 2.24. The lowest BCUT2D eigenvalue weighted by Gasteiger charge is -2.30. The molecule has 0 aromatic rings. The molecule has 2 aliphatic carbocycles. The Labute approximate surface area is 106 Å². The van der Waals surface area contributed by atoms with Crippen LogP contribution in [0.5, 0.6) is 0 Å². The summed E-state index contributed by atoms with van der Waals surface area (Å²) < 4.78 is 0. The van der Waals surface area contributed by atoms with E-state index in [0.29, 0.717) is 6.04 Å². The minimum atomic E-state index is -0.0459. The van der Waals surface area contributed by atoms with E-state index in [1.54, 1.807) is 0 Å². The predicted octanol–water partition coefficient (Wildman–Crippen LogP) is 3.24. The summed E-state index contributed by atoms with van der Waals surface area (Å²) in [6, 6.07) is 1.31. The summed E-state index contributed by atoms with van der Waals surface area (Å²) in [5, 5.41) is 13.5. The first-order chi connectivity index (χ1) is 8.28. The summed E-state index contributed by atoms with van der Waals surface area (Å²) in [4.78, 5) is 0. The van der Waals surface area contributed by atoms with E-state index in [-0.39, 0.29) is 6.10 Å². The number of rotatable bonds is 3. The van der Waals surface area contributed by atoms with Crippen molar-refractivity contribution in [2.45, 2.75) is 89.3 Å². The number of aliphatic hydroxyl groups excluding tert-OH is 1. The lowest BCUT2D eigenvalue weighted by molar-refractivity contribution is 0.107. The Morgan fingerprint density at radius 2 is 1.71 bits per heavy atom. The van der Waals surface area contributed by atoms with Crippen molar-refractivity contribution in [3.63, 3.8) is 0 Å². The summed E-state index contributed by atoms with van der Waals surface area (Å²) in [5.41, 5.74) is 0. The Hall–Kier alpha value is -0.0800. The second-order valence-electron chi connectivity index (χ2n) is 6.16. The molecule has 0 bridgehead atoms. The van der Waals surface area contributed by atoms with Gasteiger partial charge in [-0.2, -0.15) is 0 Å². The van der Waals surface area contributed by atoms with Crippen LogP contribution in [0.3, 0.4) is 0 Å². The van der Waals surface area contributed by atoms with Crippen molar-refractivity contribution in [1.82, 2.24) is 5.32 Å². The van der Waals surface area contributed by atoms with Gasteiger partial charge in [-0.3, -0.25) is 0 Å². The first-order valence-electron chi connectivity index (χ1n) is 7.72. The van der Waals surface area contributed by atoms with E-state index in [2.05, 4.69) is 12.2 Å². The van der Waals surface area contributed by atoms with Crippen LogP contribution >= 0.6 is 0 Å². The molecule has 17 heavy (non-hydrogen) atoms. The highest BCUT2D eigenvalue weighted by Crippen LogP contribution is 2.27. The zero-order valence-corrected chi connectivity index (χ0v) is 11.3. The lowest BCUT2D eigenvalue weighted by Crippen LogP contribution is -2.42. The second-order valence-corrected chi connectivity index (χ2v) is 6.16. The molecule has 2 N–H and O–H groups in total. The standard InChI is InChI=1S/C15H29NO/c1-2-12-5-3-6-13(10-9-12)16-14-7-4-8-15(17)11-14/h12-17H,2-11H2,1H3. The Kier molecular flexibility index (Phi) is 5.30. The second kappa shape index (κ2) is 6.75. The topological polar surface area (TPSA) is 32.3 Å². The van der Waals surface area contributed by atoms with Gasteiger partial charge in [-0.1, -0.05) is 26.2 Å². The molecular weight excluding hydrogens is 210 g/mol. The number of hydrogen-bond donors (Lipinski definition) is 2. The molecule has 0 saturated heterocycles. The van der Waals surface area contributed by atoms with Crippen LogP contribution in [0.1, 0.15) is 71.1 Å². The fourth-order valence-corrected chi connectivity index (χ4v) is 3.60. The molecule has 0 amide bonds. The van der Waals surface area contributed by atoms with Crippen LogP contribution in [-0.4, -0.2) is 23.3 Å². The van der Waals surface area contributed by atoms with E-state index in [4.69, 9.17) is 0 Å². The van der Waals surface area contributed by atoms with Crippen LogP contribution in [-0.2, 0) is 0 Å². The monoisotopic (exact) mass is 239 g/mol. The van der Waals surface area contributed by atoms with Crippen LogP contribution in [0.2, 0.25) is 0 Å². The van der Waals surface area contributed by atoms with Gasteiger partial charge in [-0.05, 0) is 50.9 Å². The van der Waals surface area contributed by atoms with Gasteiger partial charge in [0.15, 0.2) is 0 Å². The minimum absolute atomic E-state index is 0.0459. The smallest absolute Gasteiger partial charge is 0.0555 e. The molecule has 0 spiro atoms. The summed E-state index contributed by atoms with van der Waals surface area (Å²) in [6.45, 7) is 2.33. The molecule has 0 heterocycles. The molecule has 2 fully saturated rings. The van der Waals surface area contributed by atoms with Gasteiger partial charge in [0.2, 0.25) is 0 Å². The molecule has 0 radical (unpaired) electrons. The van der Waals surface area contributed by atoms with E-state index in [1.165, 1.54) is 51.4 Å². The van der Waals surface area contributed by atoms with Crippen LogP contribution in [0.15, 0.2) is 0 Å². The van der Waals surface area contributed by atoms with Crippen molar-refractivity contribution in [1.29, 1.82) is 0 Å². The number of aliphatic hydroxyl groups is 1. The Bertz CT molecular complexity index is 219. The highest BCUT2D eigenvalue weighted by molar-refractivity contribution is 4.82. The van der Waals surface area contributed by atoms with Gasteiger partial charge >= 0.3 is 0 Å². The minimum Gasteiger partial charge on any atom is -0.393 e. The zero-order valence-electron chi connectivity index (χ0n) is 11.3. The molecule has 2 nitrogen and oxygen atoms in total. The third-order valence-corrected chi connectivity index (χ3v) is 4.78. The number of hydrogen-bond acceptors (Lipinski definition) is 2. The molecule has 2 heteroatoms. The molecule has 2 aliphatic rings. The van der Waals surface area contributed by atoms with Crippen LogP contribution in [0.4, 0.5) is 0 Å². The van der Waals surface area contributed by atoms with Gasteiger partial charge in [0, 0.05) is 12.1 Å². The average molecular weight is 239 g/mol. The van der Waals surface area contributed by atoms with Gasteiger partial charge < -0.3 is 10.4 Å². The van der Waals surface area contributed by atoms with Crippen molar-refractivity contribution in [2.24, 2.45) is 5.92 Å². The maximum absolute atomic E-state index is 9.70. The lowest BCUT2D eigenvalue weighted by atomic mass is 9.91. The summed E-state index contributed by atoms with van der Waals surface area (Å²) in [7, 11) is 0. The van der Waals surface area contributed by atoms with E-state index in [9.17, 15) is 5.11 Å². The molecule has 4 atom stereocenters. The van der Waals surface area contributed by atoms with Gasteiger partial charge in [-0.25, -0.2) is 0 Å². The maximum atomic E-state index is 9.70. The molecule has 0 aromatic carbocycles. The fraction of sp³-hybridized carbons (Fsp3) is 1.00. The van der Waals surface area contributed by atoms with Crippen molar-refractivity contribution in [3.05, 3.63) is 0 Å². The Morgan fingerprint density at radius 1 is 0.941 bits per heavy atom. The normalized spacial score (nSPS) is 39.9. The van der Waals surface area contributed by atoms with Crippen molar-refractivity contribution in [2.75, 3.05) is 0 Å². The summed E-state index contributed by atoms with van der Waals surface area (Å²) >= 11 is 0. The Morgan fingerprint density at radius 3 is 2.47 bits per heavy atom. The predicted molar refractivity (Wildman–Crippen MR) is 72.1 cm³/mol. The maximum Gasteiger partial charge on any atom is 0.0555 e. The van der Waals surface area contributed by atoms with E-state index >= 15 is 0 Å². The molecule has 100 valence electrons. The summed E-state index contributed by atoms with van der Waals surface area (Å²) in [6.07, 6.45) is 12.7. The van der Waals surface area contributed by atoms with E-state index in [0.717, 1.165) is 24.8 Å². The third-order valence-electron chi connectivity index (χ3n) is 4.78. The van der Waals surface area contributed by atoms with Gasteiger partial charge in [0.05, 0.1) is 6.10 Å². The molecule has 0 aromatic heterocycles. The molecule has 0 aliphatic heterocycles. The number of nitrogens with one attached hydrogen (secondary N) is 1. The van der Waals surface area contributed by atoms with Crippen LogP contribution in [0, 0.1) is 5.92 Å². The Balaban J connectivity index is 1.74. The van der Waals surface area contributed by atoms with E-state index < -0.39 is 0 Å². The highest BCUT2D eigenvalue weighted by atomic mass is 16.3. The molecule has 2 rings (SSSR count).